The van der Waals surface area contributed by atoms with Crippen molar-refractivity contribution in [3.63, 3.8) is 0 Å². The molecule has 4 heterocycles. The van der Waals surface area contributed by atoms with E-state index in [9.17, 15) is 0 Å². The Morgan fingerprint density at radius 1 is 0.309 bits per heavy atom. The van der Waals surface area contributed by atoms with Crippen molar-refractivity contribution in [3.8, 4) is 62.1 Å². The Morgan fingerprint density at radius 2 is 0.838 bits per heavy atom. The lowest BCUT2D eigenvalue weighted by molar-refractivity contribution is 0.673. The number of hydrogen-bond donors (Lipinski definition) is 0. The van der Waals surface area contributed by atoms with Crippen LogP contribution in [0.4, 0.5) is 0 Å². The smallest absolute Gasteiger partial charge is 0.168 e. The van der Waals surface area contributed by atoms with E-state index in [0.29, 0.717) is 0 Å². The predicted molar refractivity (Wildman–Crippen MR) is 279 cm³/mol. The Balaban J connectivity index is 0.914. The van der Waals surface area contributed by atoms with E-state index in [4.69, 9.17) is 14.6 Å². The molecule has 0 N–H and O–H groups in total. The topological polar surface area (TPSA) is 53.7 Å². The Kier molecular flexibility index (Phi) is 8.48. The van der Waals surface area contributed by atoms with Crippen molar-refractivity contribution in [2.75, 3.05) is 0 Å². The minimum Gasteiger partial charge on any atom is -0.455 e. The van der Waals surface area contributed by atoms with Gasteiger partial charge in [0.2, 0.25) is 0 Å². The molecule has 0 aliphatic carbocycles. The fourth-order valence-corrected chi connectivity index (χ4v) is 10.6. The van der Waals surface area contributed by atoms with Crippen molar-refractivity contribution >= 4 is 65.6 Å². The summed E-state index contributed by atoms with van der Waals surface area (Å²) in [5.74, 6) is 1.58. The molecule has 4 aromatic heterocycles. The fraction of sp³-hybridized carbons (Fsp3) is 0. The van der Waals surface area contributed by atoms with Crippen molar-refractivity contribution < 1.29 is 4.42 Å². The molecule has 0 fully saturated rings. The first-order valence-corrected chi connectivity index (χ1v) is 23.0. The molecule has 14 rings (SSSR count). The van der Waals surface area contributed by atoms with Crippen LogP contribution in [0.25, 0.3) is 128 Å². The van der Waals surface area contributed by atoms with E-state index >= 15 is 0 Å². The zero-order chi connectivity index (χ0) is 44.7. The number of aromatic nitrogens is 5. The Morgan fingerprint density at radius 3 is 1.60 bits per heavy atom. The molecular formula is C62H39N5O. The maximum atomic E-state index is 6.63. The van der Waals surface area contributed by atoms with Crippen LogP contribution in [0, 0.1) is 0 Å². The molecule has 0 aliphatic heterocycles. The maximum absolute atomic E-state index is 6.63. The largest absolute Gasteiger partial charge is 0.455 e. The van der Waals surface area contributed by atoms with Crippen LogP contribution < -0.4 is 0 Å². The van der Waals surface area contributed by atoms with Crippen LogP contribution in [0.1, 0.15) is 0 Å². The highest BCUT2D eigenvalue weighted by atomic mass is 16.3. The first kappa shape index (κ1) is 38.1. The first-order chi connectivity index (χ1) is 33.8. The van der Waals surface area contributed by atoms with Gasteiger partial charge in [0.15, 0.2) is 11.6 Å². The fourth-order valence-electron chi connectivity index (χ4n) is 10.6. The molecule has 0 atom stereocenters. The molecule has 318 valence electrons. The summed E-state index contributed by atoms with van der Waals surface area (Å²) in [7, 11) is 0. The lowest BCUT2D eigenvalue weighted by Crippen LogP contribution is -2.01. The van der Waals surface area contributed by atoms with Crippen molar-refractivity contribution in [2.45, 2.75) is 0 Å². The monoisotopic (exact) mass is 869 g/mol. The minimum absolute atomic E-state index is 0.791. The molecule has 0 saturated heterocycles. The number of fused-ring (bicyclic) bond motifs is 10. The third-order valence-electron chi connectivity index (χ3n) is 13.6. The third kappa shape index (κ3) is 5.77. The van der Waals surface area contributed by atoms with E-state index in [1.165, 1.54) is 5.39 Å². The van der Waals surface area contributed by atoms with Gasteiger partial charge in [-0.05, 0) is 83.4 Å². The normalized spacial score (nSPS) is 11.8. The number of hydrogen-bond acceptors (Lipinski definition) is 3. The van der Waals surface area contributed by atoms with E-state index in [2.05, 4.69) is 232 Å². The highest BCUT2D eigenvalue weighted by Crippen LogP contribution is 2.43. The first-order valence-electron chi connectivity index (χ1n) is 23.0. The molecule has 0 spiro atoms. The van der Waals surface area contributed by atoms with Gasteiger partial charge in [-0.1, -0.05) is 170 Å². The standard InChI is InChI=1S/C62H39N5O/c1-3-18-40(19-4-1)61-63-64-62(41-20-5-2-6-21-41)67(61)55-34-17-33-54-58(55)49-28-8-12-31-52(49)65(54)45-25-16-23-43(39-45)42-22-15-24-44(38-42)46-26-7-11-30-51(46)66-53-32-13-9-29-50(53)59-56(66)37-36-48-47-27-10-14-35-57(47)68-60(48)59/h1-39H. The summed E-state index contributed by atoms with van der Waals surface area (Å²) < 4.78 is 13.7. The maximum Gasteiger partial charge on any atom is 0.168 e. The van der Waals surface area contributed by atoms with Gasteiger partial charge in [0.05, 0.1) is 38.8 Å². The van der Waals surface area contributed by atoms with Crippen LogP contribution in [0.5, 0.6) is 0 Å². The number of benzene rings is 10. The molecule has 0 saturated carbocycles. The second kappa shape index (κ2) is 15.2. The van der Waals surface area contributed by atoms with Crippen molar-refractivity contribution in [2.24, 2.45) is 0 Å². The summed E-state index contributed by atoms with van der Waals surface area (Å²) >= 11 is 0. The van der Waals surface area contributed by atoms with Gasteiger partial charge in [-0.2, -0.15) is 0 Å². The minimum atomic E-state index is 0.791. The second-order valence-electron chi connectivity index (χ2n) is 17.4. The van der Waals surface area contributed by atoms with Crippen LogP contribution in [0.2, 0.25) is 0 Å². The zero-order valence-corrected chi connectivity index (χ0v) is 36.7. The van der Waals surface area contributed by atoms with Gasteiger partial charge >= 0.3 is 0 Å². The summed E-state index contributed by atoms with van der Waals surface area (Å²) in [6.45, 7) is 0. The van der Waals surface area contributed by atoms with Crippen molar-refractivity contribution in [1.29, 1.82) is 0 Å². The lowest BCUT2D eigenvalue weighted by Gasteiger charge is -2.15. The van der Waals surface area contributed by atoms with Gasteiger partial charge in [-0.3, -0.25) is 4.57 Å². The van der Waals surface area contributed by atoms with Gasteiger partial charge in [-0.25, -0.2) is 0 Å². The highest BCUT2D eigenvalue weighted by molar-refractivity contribution is 6.24. The molecule has 0 unspecified atom stereocenters. The van der Waals surface area contributed by atoms with E-state index in [-0.39, 0.29) is 0 Å². The number of nitrogens with zero attached hydrogens (tertiary/aromatic N) is 5. The van der Waals surface area contributed by atoms with E-state index in [0.717, 1.165) is 122 Å². The molecule has 0 bridgehead atoms. The molecular weight excluding hydrogens is 831 g/mol. The van der Waals surface area contributed by atoms with Gasteiger partial charge in [0, 0.05) is 49.3 Å². The number of furan rings is 1. The Hall–Kier alpha value is -9.26. The van der Waals surface area contributed by atoms with Crippen LogP contribution >= 0.6 is 0 Å². The second-order valence-corrected chi connectivity index (χ2v) is 17.4. The Labute approximate surface area is 390 Å². The summed E-state index contributed by atoms with van der Waals surface area (Å²) in [6.07, 6.45) is 0. The molecule has 68 heavy (non-hydrogen) atoms. The molecule has 0 radical (unpaired) electrons. The summed E-state index contributed by atoms with van der Waals surface area (Å²) in [4.78, 5) is 0. The van der Waals surface area contributed by atoms with Crippen LogP contribution in [0.3, 0.4) is 0 Å². The van der Waals surface area contributed by atoms with Crippen LogP contribution in [0.15, 0.2) is 241 Å². The molecule has 14 aromatic rings. The van der Waals surface area contributed by atoms with Gasteiger partial charge in [0.1, 0.15) is 11.2 Å². The average molecular weight is 870 g/mol. The molecule has 6 nitrogen and oxygen atoms in total. The van der Waals surface area contributed by atoms with Gasteiger partial charge in [-0.15, -0.1) is 10.2 Å². The number of para-hydroxylation sites is 4. The SMILES string of the molecule is c1ccc(-c2nnc(-c3ccccc3)n2-c2cccc3c2c2ccccc2n3-c2cccc(-c3cccc(-c4ccccc4-n4c5ccccc5c5c6oc7ccccc7c6ccc54)c3)c2)cc1. The average Bonchev–Trinajstić information content (AvgIpc) is 4.19. The molecule has 0 aliphatic rings. The van der Waals surface area contributed by atoms with Crippen molar-refractivity contribution in [1.82, 2.24) is 23.9 Å². The Bertz CT molecular complexity index is 4210. The van der Waals surface area contributed by atoms with E-state index in [1.54, 1.807) is 0 Å². The van der Waals surface area contributed by atoms with Gasteiger partial charge in [0.25, 0.3) is 0 Å². The lowest BCUT2D eigenvalue weighted by atomic mass is 9.97. The van der Waals surface area contributed by atoms with Gasteiger partial charge < -0.3 is 13.6 Å². The number of rotatable bonds is 7. The summed E-state index contributed by atoms with van der Waals surface area (Å²) in [5.41, 5.74) is 16.0. The highest BCUT2D eigenvalue weighted by Gasteiger charge is 2.24. The van der Waals surface area contributed by atoms with Crippen LogP contribution in [-0.4, -0.2) is 23.9 Å². The molecule has 0 amide bonds. The third-order valence-corrected chi connectivity index (χ3v) is 13.6. The molecule has 10 aromatic carbocycles. The van der Waals surface area contributed by atoms with Crippen molar-refractivity contribution in [3.05, 3.63) is 237 Å². The van der Waals surface area contributed by atoms with E-state index < -0.39 is 0 Å². The van der Waals surface area contributed by atoms with Crippen LogP contribution in [-0.2, 0) is 0 Å². The summed E-state index contributed by atoms with van der Waals surface area (Å²) in [5, 5.41) is 16.5. The summed E-state index contributed by atoms with van der Waals surface area (Å²) in [6, 6.07) is 84.0. The molecule has 6 heteroatoms. The zero-order valence-electron chi connectivity index (χ0n) is 36.7. The quantitative estimate of drug-likeness (QED) is 0.160. The predicted octanol–water partition coefficient (Wildman–Crippen LogP) is 16.0. The van der Waals surface area contributed by atoms with E-state index in [1.807, 2.05) is 18.2 Å².